The fraction of sp³-hybridized carbons (Fsp3) is 0.852. The maximum Gasteiger partial charge on any atom is 0.102 e. The van der Waals surface area contributed by atoms with Gasteiger partial charge < -0.3 is 14.9 Å². The van der Waals surface area contributed by atoms with E-state index in [2.05, 4.69) is 18.1 Å². The highest BCUT2D eigenvalue weighted by atomic mass is 16.5. The second kappa shape index (κ2) is 8.36. The van der Waals surface area contributed by atoms with Crippen LogP contribution in [0, 0.1) is 52.3 Å². The molecule has 4 fully saturated rings. The van der Waals surface area contributed by atoms with Gasteiger partial charge in [-0.1, -0.05) is 6.92 Å². The zero-order valence-electron chi connectivity index (χ0n) is 20.5. The van der Waals surface area contributed by atoms with Crippen molar-refractivity contribution in [2.45, 2.75) is 89.4 Å². The van der Waals surface area contributed by atoms with Gasteiger partial charge in [0.15, 0.2) is 0 Å². The van der Waals surface area contributed by atoms with Gasteiger partial charge >= 0.3 is 0 Å². The predicted molar refractivity (Wildman–Crippen MR) is 125 cm³/mol. The van der Waals surface area contributed by atoms with Crippen molar-refractivity contribution in [3.05, 3.63) is 18.0 Å². The van der Waals surface area contributed by atoms with E-state index < -0.39 is 11.2 Å². The van der Waals surface area contributed by atoms with Crippen LogP contribution in [0.2, 0.25) is 0 Å². The van der Waals surface area contributed by atoms with Crippen molar-refractivity contribution in [1.29, 1.82) is 5.26 Å². The molecular weight excluding hydrogens is 414 g/mol. The number of aliphatic hydroxyl groups is 2. The number of nitriles is 1. The first kappa shape index (κ1) is 23.3. The number of hydrogen-bond acceptors (Lipinski definition) is 5. The zero-order chi connectivity index (χ0) is 23.4. The van der Waals surface area contributed by atoms with Crippen molar-refractivity contribution >= 4 is 0 Å². The van der Waals surface area contributed by atoms with Gasteiger partial charge in [-0.2, -0.15) is 10.4 Å². The monoisotopic (exact) mass is 455 g/mol. The molecule has 1 heterocycles. The number of nitrogens with zero attached hydrogens (tertiary/aromatic N) is 3. The molecule has 0 aromatic carbocycles. The molecule has 5 rings (SSSR count). The molecule has 0 amide bonds. The number of fused-ring (bicyclic) bond motifs is 5. The van der Waals surface area contributed by atoms with Crippen LogP contribution in [0.4, 0.5) is 0 Å². The van der Waals surface area contributed by atoms with Gasteiger partial charge in [0.05, 0.1) is 36.1 Å². The van der Waals surface area contributed by atoms with Crippen LogP contribution in [0.5, 0.6) is 0 Å². The van der Waals surface area contributed by atoms with Crippen LogP contribution in [-0.4, -0.2) is 44.9 Å². The quantitative estimate of drug-likeness (QED) is 0.696. The highest BCUT2D eigenvalue weighted by molar-refractivity contribution is 5.21. The summed E-state index contributed by atoms with van der Waals surface area (Å²) in [6.45, 7) is 5.35. The number of ether oxygens (including phenoxy) is 1. The lowest BCUT2D eigenvalue weighted by Crippen LogP contribution is -2.54. The molecule has 0 unspecified atom stereocenters. The Balaban J connectivity index is 1.31. The maximum atomic E-state index is 11.7. The van der Waals surface area contributed by atoms with Gasteiger partial charge in [-0.05, 0) is 106 Å². The molecular formula is C27H41N3O3. The van der Waals surface area contributed by atoms with Crippen LogP contribution in [0.25, 0.3) is 0 Å². The Labute approximate surface area is 198 Å². The molecule has 0 spiro atoms. The average Bonchev–Trinajstić information content (AvgIpc) is 3.36. The van der Waals surface area contributed by atoms with Crippen molar-refractivity contribution in [3.63, 3.8) is 0 Å². The molecule has 0 radical (unpaired) electrons. The number of hydrogen-bond donors (Lipinski definition) is 2. The van der Waals surface area contributed by atoms with Crippen molar-refractivity contribution in [2.24, 2.45) is 40.9 Å². The van der Waals surface area contributed by atoms with Crippen LogP contribution in [-0.2, 0) is 11.3 Å². The van der Waals surface area contributed by atoms with E-state index >= 15 is 0 Å². The molecule has 2 N–H and O–H groups in total. The molecule has 4 aliphatic carbocycles. The Morgan fingerprint density at radius 2 is 1.97 bits per heavy atom. The van der Waals surface area contributed by atoms with E-state index in [4.69, 9.17) is 10.00 Å². The molecule has 9 atom stereocenters. The van der Waals surface area contributed by atoms with E-state index in [1.807, 2.05) is 6.92 Å². The van der Waals surface area contributed by atoms with E-state index in [0.29, 0.717) is 30.6 Å². The largest absolute Gasteiger partial charge is 0.388 e. The van der Waals surface area contributed by atoms with Crippen molar-refractivity contribution in [1.82, 2.24) is 9.78 Å². The minimum Gasteiger partial charge on any atom is -0.388 e. The summed E-state index contributed by atoms with van der Waals surface area (Å²) in [5.74, 6) is 3.86. The third-order valence-corrected chi connectivity index (χ3v) is 10.5. The van der Waals surface area contributed by atoms with Crippen molar-refractivity contribution < 1.29 is 14.9 Å². The second-order valence-corrected chi connectivity index (χ2v) is 12.4. The summed E-state index contributed by atoms with van der Waals surface area (Å²) in [5.41, 5.74) is -0.758. The molecule has 4 aliphatic rings. The van der Waals surface area contributed by atoms with Crippen molar-refractivity contribution in [2.75, 3.05) is 13.7 Å². The van der Waals surface area contributed by atoms with E-state index in [1.165, 1.54) is 32.1 Å². The van der Waals surface area contributed by atoms with E-state index in [-0.39, 0.29) is 11.3 Å². The van der Waals surface area contributed by atoms with Crippen LogP contribution in [0.3, 0.4) is 0 Å². The SMILES string of the molecule is COC[C@@]1(O)CC[C@H]2[C@H](CC[C@@H]3[C@@H]2CC[C@@]2(C)[C@H]3CC[C@@H]2[C@@](C)(O)Cn2cc(C#N)cn2)C1. The van der Waals surface area contributed by atoms with Gasteiger partial charge in [0.1, 0.15) is 6.07 Å². The molecule has 4 saturated carbocycles. The van der Waals surface area contributed by atoms with E-state index in [9.17, 15) is 10.2 Å². The number of rotatable bonds is 5. The molecule has 0 saturated heterocycles. The average molecular weight is 456 g/mol. The molecule has 33 heavy (non-hydrogen) atoms. The summed E-state index contributed by atoms with van der Waals surface area (Å²) in [4.78, 5) is 0. The summed E-state index contributed by atoms with van der Waals surface area (Å²) < 4.78 is 7.08. The number of methoxy groups -OCH3 is 1. The first-order valence-electron chi connectivity index (χ1n) is 13.1. The minimum absolute atomic E-state index is 0.161. The highest BCUT2D eigenvalue weighted by Gasteiger charge is 2.60. The van der Waals surface area contributed by atoms with Gasteiger partial charge in [0, 0.05) is 13.3 Å². The Morgan fingerprint density at radius 1 is 1.18 bits per heavy atom. The summed E-state index contributed by atoms with van der Waals surface area (Å²) in [5, 5.41) is 36.1. The summed E-state index contributed by atoms with van der Waals surface area (Å²) in [7, 11) is 1.70. The van der Waals surface area contributed by atoms with E-state index in [1.54, 1.807) is 24.2 Å². The number of aromatic nitrogens is 2. The smallest absolute Gasteiger partial charge is 0.102 e. The van der Waals surface area contributed by atoms with Gasteiger partial charge in [-0.25, -0.2) is 0 Å². The topological polar surface area (TPSA) is 91.3 Å². The Morgan fingerprint density at radius 3 is 2.70 bits per heavy atom. The zero-order valence-corrected chi connectivity index (χ0v) is 20.5. The molecule has 0 bridgehead atoms. The Kier molecular flexibility index (Phi) is 5.91. The predicted octanol–water partition coefficient (Wildman–Crippen LogP) is 4.15. The minimum atomic E-state index is -0.840. The molecule has 6 heteroatoms. The lowest BCUT2D eigenvalue weighted by atomic mass is 9.48. The fourth-order valence-electron chi connectivity index (χ4n) is 9.33. The summed E-state index contributed by atoms with van der Waals surface area (Å²) >= 11 is 0. The third-order valence-electron chi connectivity index (χ3n) is 10.5. The lowest BCUT2D eigenvalue weighted by Gasteiger charge is -2.58. The Hall–Kier alpha value is -1.42. The molecule has 1 aromatic rings. The standard InChI is InChI=1S/C27H41N3O3/c1-25-10-8-21-20-9-11-27(32,17-33-3)12-19(20)4-5-22(21)23(25)6-7-24(25)26(2,31)16-30-15-18(13-28)14-29-30/h14-15,19-24,31-32H,4-12,16-17H2,1-3H3/t19-,20+,21-,22-,23+,24+,25+,26+,27-/m1/s1. The van der Waals surface area contributed by atoms with Gasteiger partial charge in [-0.15, -0.1) is 0 Å². The van der Waals surface area contributed by atoms with Crippen LogP contribution in [0.1, 0.15) is 77.2 Å². The molecule has 182 valence electrons. The van der Waals surface area contributed by atoms with Crippen LogP contribution >= 0.6 is 0 Å². The van der Waals surface area contributed by atoms with Gasteiger partial charge in [-0.3, -0.25) is 4.68 Å². The molecule has 0 aliphatic heterocycles. The van der Waals surface area contributed by atoms with Crippen LogP contribution in [0.15, 0.2) is 12.4 Å². The first-order valence-corrected chi connectivity index (χ1v) is 13.1. The normalized spacial score (nSPS) is 44.2. The lowest BCUT2D eigenvalue weighted by molar-refractivity contribution is -0.138. The van der Waals surface area contributed by atoms with Crippen LogP contribution < -0.4 is 0 Å². The van der Waals surface area contributed by atoms with Gasteiger partial charge in [0.25, 0.3) is 0 Å². The molecule has 1 aromatic heterocycles. The first-order chi connectivity index (χ1) is 15.7. The van der Waals surface area contributed by atoms with E-state index in [0.717, 1.165) is 43.4 Å². The van der Waals surface area contributed by atoms with Crippen molar-refractivity contribution in [3.8, 4) is 6.07 Å². The third kappa shape index (κ3) is 3.94. The fourth-order valence-corrected chi connectivity index (χ4v) is 9.33. The van der Waals surface area contributed by atoms with Gasteiger partial charge in [0.2, 0.25) is 0 Å². The second-order valence-electron chi connectivity index (χ2n) is 12.4. The summed E-state index contributed by atoms with van der Waals surface area (Å²) in [6.07, 6.45) is 13.5. The summed E-state index contributed by atoms with van der Waals surface area (Å²) in [6, 6.07) is 2.13. The highest BCUT2D eigenvalue weighted by Crippen LogP contribution is 2.66. The molecule has 6 nitrogen and oxygen atoms in total. The maximum absolute atomic E-state index is 11.7. The Bertz CT molecular complexity index is 907.